The van der Waals surface area contributed by atoms with Gasteiger partial charge in [0, 0.05) is 18.0 Å². The zero-order valence-electron chi connectivity index (χ0n) is 20.4. The molecule has 35 heavy (non-hydrogen) atoms. The number of nitrogens with one attached hydrogen (secondary N) is 1. The van der Waals surface area contributed by atoms with Crippen molar-refractivity contribution in [2.45, 2.75) is 82.0 Å². The average Bonchev–Trinajstić information content (AvgIpc) is 3.50. The topological polar surface area (TPSA) is 117 Å². The van der Waals surface area contributed by atoms with Crippen molar-refractivity contribution in [2.75, 3.05) is 19.8 Å². The Morgan fingerprint density at radius 1 is 1.29 bits per heavy atom. The van der Waals surface area contributed by atoms with Gasteiger partial charge >= 0.3 is 0 Å². The van der Waals surface area contributed by atoms with Gasteiger partial charge in [0.05, 0.1) is 12.6 Å². The Morgan fingerprint density at radius 2 is 2.06 bits per heavy atom. The van der Waals surface area contributed by atoms with E-state index in [1.54, 1.807) is 6.92 Å². The predicted octanol–water partition coefficient (Wildman–Crippen LogP) is 2.45. The van der Waals surface area contributed by atoms with E-state index in [9.17, 15) is 14.7 Å². The Balaban J connectivity index is 1.53. The fourth-order valence-corrected chi connectivity index (χ4v) is 5.74. The number of halogens is 1. The minimum Gasteiger partial charge on any atom is -0.477 e. The van der Waals surface area contributed by atoms with Crippen LogP contribution in [0.15, 0.2) is 29.3 Å². The number of likely N-dealkylation sites (tertiary alicyclic amines) is 1. The molecule has 1 saturated heterocycles. The molecule has 192 valence electrons. The van der Waals surface area contributed by atoms with Gasteiger partial charge < -0.3 is 25.8 Å². The Labute approximate surface area is 212 Å². The summed E-state index contributed by atoms with van der Waals surface area (Å²) in [5, 5.41) is 13.8. The van der Waals surface area contributed by atoms with Crippen molar-refractivity contribution in [1.82, 2.24) is 10.2 Å². The Hall–Kier alpha value is -2.16. The predicted molar refractivity (Wildman–Crippen MR) is 135 cm³/mol. The lowest BCUT2D eigenvalue weighted by Gasteiger charge is -2.35. The molecule has 1 aromatic rings. The lowest BCUT2D eigenvalue weighted by atomic mass is 9.83. The number of aliphatic imine (C=N–C) groups is 1. The van der Waals surface area contributed by atoms with E-state index < -0.39 is 17.6 Å². The van der Waals surface area contributed by atoms with Crippen molar-refractivity contribution in [2.24, 2.45) is 16.6 Å². The molecule has 9 heteroatoms. The minimum absolute atomic E-state index is 0.0870. The van der Waals surface area contributed by atoms with Gasteiger partial charge in [-0.2, -0.15) is 0 Å². The van der Waals surface area contributed by atoms with Crippen LogP contribution in [-0.4, -0.2) is 71.1 Å². The molecular weight excluding hydrogens is 468 g/mol. The molecule has 2 heterocycles. The maximum absolute atomic E-state index is 13.8. The van der Waals surface area contributed by atoms with Crippen LogP contribution in [-0.2, 0) is 20.7 Å². The molecule has 0 aromatic heterocycles. The highest BCUT2D eigenvalue weighted by Crippen LogP contribution is 2.32. The van der Waals surface area contributed by atoms with Gasteiger partial charge in [-0.3, -0.25) is 9.59 Å². The van der Waals surface area contributed by atoms with Crippen LogP contribution in [0.4, 0.5) is 0 Å². The molecule has 1 saturated carbocycles. The zero-order valence-corrected chi connectivity index (χ0v) is 21.2. The van der Waals surface area contributed by atoms with Crippen molar-refractivity contribution in [1.29, 1.82) is 0 Å². The summed E-state index contributed by atoms with van der Waals surface area (Å²) in [6, 6.07) is 5.95. The van der Waals surface area contributed by atoms with Crippen molar-refractivity contribution in [3.05, 3.63) is 34.9 Å². The molecule has 2 aliphatic heterocycles. The maximum Gasteiger partial charge on any atom is 0.246 e. The summed E-state index contributed by atoms with van der Waals surface area (Å²) in [5.74, 6) is 0.204. The molecule has 0 radical (unpaired) electrons. The number of hydrogen-bond acceptors (Lipinski definition) is 6. The van der Waals surface area contributed by atoms with E-state index in [4.69, 9.17) is 27.1 Å². The molecule has 4 N–H and O–H groups in total. The first-order chi connectivity index (χ1) is 16.8. The summed E-state index contributed by atoms with van der Waals surface area (Å²) < 4.78 is 6.03. The van der Waals surface area contributed by atoms with Crippen LogP contribution in [0.2, 0.25) is 5.02 Å². The minimum atomic E-state index is -0.802. The summed E-state index contributed by atoms with van der Waals surface area (Å²) >= 11 is 6.14. The first-order valence-corrected chi connectivity index (χ1v) is 13.1. The molecule has 8 nitrogen and oxygen atoms in total. The van der Waals surface area contributed by atoms with Crippen molar-refractivity contribution in [3.8, 4) is 0 Å². The smallest absolute Gasteiger partial charge is 0.246 e. The fourth-order valence-electron chi connectivity index (χ4n) is 5.53. The maximum atomic E-state index is 13.8. The highest BCUT2D eigenvalue weighted by molar-refractivity contribution is 6.30. The van der Waals surface area contributed by atoms with Gasteiger partial charge in [-0.05, 0) is 56.2 Å². The summed E-state index contributed by atoms with van der Waals surface area (Å²) in [6.45, 7) is 2.30. The van der Waals surface area contributed by atoms with Crippen LogP contribution in [0.3, 0.4) is 0 Å². The Morgan fingerprint density at radius 3 is 2.74 bits per heavy atom. The largest absolute Gasteiger partial charge is 0.477 e. The first-order valence-electron chi connectivity index (χ1n) is 12.8. The number of ether oxygens (including phenoxy) is 1. The van der Waals surface area contributed by atoms with E-state index in [1.807, 2.05) is 29.2 Å². The van der Waals surface area contributed by atoms with Crippen molar-refractivity contribution in [3.63, 3.8) is 0 Å². The Kier molecular flexibility index (Phi) is 8.34. The van der Waals surface area contributed by atoms with E-state index in [1.165, 1.54) is 0 Å². The number of rotatable bonds is 8. The molecule has 0 bridgehead atoms. The molecule has 2 fully saturated rings. The van der Waals surface area contributed by atoms with Gasteiger partial charge in [0.1, 0.15) is 24.2 Å². The summed E-state index contributed by atoms with van der Waals surface area (Å²) in [5.41, 5.74) is 5.97. The van der Waals surface area contributed by atoms with Crippen LogP contribution in [0.1, 0.15) is 57.4 Å². The van der Waals surface area contributed by atoms with E-state index in [0.717, 1.165) is 50.5 Å². The molecular formula is C26H37ClN4O4. The molecule has 1 aromatic carbocycles. The number of nitrogens with two attached hydrogens (primary N) is 1. The first kappa shape index (κ1) is 25.9. The van der Waals surface area contributed by atoms with Crippen LogP contribution >= 0.6 is 11.6 Å². The third-order valence-electron chi connectivity index (χ3n) is 7.47. The van der Waals surface area contributed by atoms with Crippen LogP contribution in [0, 0.1) is 5.92 Å². The number of amides is 2. The molecule has 2 amide bonds. The van der Waals surface area contributed by atoms with E-state index in [0.29, 0.717) is 23.9 Å². The van der Waals surface area contributed by atoms with Gasteiger partial charge in [0.2, 0.25) is 17.7 Å². The summed E-state index contributed by atoms with van der Waals surface area (Å²) in [4.78, 5) is 33.0. The number of hydrogen-bond donors (Lipinski definition) is 3. The fraction of sp³-hybridized carbons (Fsp3) is 0.654. The van der Waals surface area contributed by atoms with Crippen LogP contribution in [0.5, 0.6) is 0 Å². The highest BCUT2D eigenvalue weighted by atomic mass is 35.5. The lowest BCUT2D eigenvalue weighted by molar-refractivity contribution is -0.138. The van der Waals surface area contributed by atoms with Gasteiger partial charge in [-0.15, -0.1) is 0 Å². The molecule has 0 spiro atoms. The van der Waals surface area contributed by atoms with Gasteiger partial charge in [-0.1, -0.05) is 43.0 Å². The van der Waals surface area contributed by atoms with E-state index in [2.05, 4.69) is 5.32 Å². The number of nitrogens with zero attached hydrogens (tertiary/aromatic N) is 2. The van der Waals surface area contributed by atoms with Crippen molar-refractivity contribution < 1.29 is 19.4 Å². The molecule has 3 aliphatic rings. The SMILES string of the molecule is C[C@H](N)C(=O)N[C@H](C(=O)N1CCC[C@H]1C1=N[C@](CO)(Cc2cccc(Cl)c2)CO1)C1CCCCC1. The van der Waals surface area contributed by atoms with Gasteiger partial charge in [-0.25, -0.2) is 4.99 Å². The van der Waals surface area contributed by atoms with E-state index in [-0.39, 0.29) is 37.0 Å². The number of aliphatic hydroxyl groups is 1. The van der Waals surface area contributed by atoms with Crippen LogP contribution in [0.25, 0.3) is 0 Å². The zero-order chi connectivity index (χ0) is 25.0. The standard InChI is InChI=1S/C26H37ClN4O4/c1-17(28)23(33)29-22(19-8-3-2-4-9-19)25(34)31-12-6-11-21(31)24-30-26(15-32,16-35-24)14-18-7-5-10-20(27)13-18/h5,7,10,13,17,19,21-22,32H,2-4,6,8-9,11-12,14-16,28H2,1H3,(H,29,33)/t17-,21-,22-,26-/m0/s1. The van der Waals surface area contributed by atoms with Gasteiger partial charge in [0.15, 0.2) is 0 Å². The van der Waals surface area contributed by atoms with E-state index >= 15 is 0 Å². The number of carbonyl (C=O) groups excluding carboxylic acids is 2. The molecule has 4 rings (SSSR count). The Bertz CT molecular complexity index is 949. The number of benzene rings is 1. The van der Waals surface area contributed by atoms with Crippen molar-refractivity contribution >= 4 is 29.3 Å². The van der Waals surface area contributed by atoms with Crippen LogP contribution < -0.4 is 11.1 Å². The second-order valence-corrected chi connectivity index (χ2v) is 10.7. The van der Waals surface area contributed by atoms with Gasteiger partial charge in [0.25, 0.3) is 0 Å². The molecule has 0 unspecified atom stereocenters. The number of carbonyl (C=O) groups is 2. The second-order valence-electron chi connectivity index (χ2n) is 10.3. The highest BCUT2D eigenvalue weighted by Gasteiger charge is 2.45. The molecule has 4 atom stereocenters. The third-order valence-corrected chi connectivity index (χ3v) is 7.71. The third kappa shape index (κ3) is 5.98. The normalized spacial score (nSPS) is 26.7. The lowest BCUT2D eigenvalue weighted by Crippen LogP contribution is -2.57. The summed E-state index contributed by atoms with van der Waals surface area (Å²) in [7, 11) is 0. The average molecular weight is 505 g/mol. The molecule has 1 aliphatic carbocycles. The summed E-state index contributed by atoms with van der Waals surface area (Å²) in [6.07, 6.45) is 7.17. The quantitative estimate of drug-likeness (QED) is 0.502. The monoisotopic (exact) mass is 504 g/mol. The number of aliphatic hydroxyl groups excluding tert-OH is 1. The second kappa shape index (κ2) is 11.3.